The van der Waals surface area contributed by atoms with Crippen molar-refractivity contribution in [2.45, 2.75) is 64.3 Å². The smallest absolute Gasteiger partial charge is 0.226 e. The molecule has 0 aromatic rings. The lowest BCUT2D eigenvalue weighted by Crippen LogP contribution is -2.26. The molecule has 0 saturated carbocycles. The third-order valence-electron chi connectivity index (χ3n) is 2.60. The third kappa shape index (κ3) is 8.12. The summed E-state index contributed by atoms with van der Waals surface area (Å²) in [6.45, 7) is 2.19. The van der Waals surface area contributed by atoms with Crippen LogP contribution in [0.15, 0.2) is 5.11 Å². The van der Waals surface area contributed by atoms with Gasteiger partial charge in [-0.15, -0.1) is 0 Å². The highest BCUT2D eigenvalue weighted by Crippen LogP contribution is 2.11. The van der Waals surface area contributed by atoms with Gasteiger partial charge in [-0.05, 0) is 12.0 Å². The number of nitrogens with zero attached hydrogens (tertiary/aromatic N) is 3. The van der Waals surface area contributed by atoms with Crippen LogP contribution in [0.5, 0.6) is 0 Å². The van der Waals surface area contributed by atoms with Gasteiger partial charge < -0.3 is 5.73 Å². The molecule has 0 aromatic carbocycles. The minimum absolute atomic E-state index is 0.524. The van der Waals surface area contributed by atoms with Crippen LogP contribution in [0.4, 0.5) is 0 Å². The first kappa shape index (κ1) is 14.8. The number of carbonyl (C=O) groups excluding carboxylic acids is 1. The number of hydrogen-bond donors (Lipinski definition) is 1. The van der Waals surface area contributed by atoms with E-state index in [0.717, 1.165) is 12.8 Å². The average Bonchev–Trinajstić information content (AvgIpc) is 2.26. The SMILES string of the molecule is CCCCCCCCCC(N=[N+]=[N-])C(N)=O. The Hall–Kier alpha value is -1.22. The molecule has 5 nitrogen and oxygen atoms in total. The van der Waals surface area contributed by atoms with Gasteiger partial charge in [-0.25, -0.2) is 0 Å². The first-order valence-corrected chi connectivity index (χ1v) is 6.06. The second kappa shape index (κ2) is 10.3. The van der Waals surface area contributed by atoms with E-state index in [1.165, 1.54) is 32.1 Å². The first-order valence-electron chi connectivity index (χ1n) is 6.06. The van der Waals surface area contributed by atoms with Gasteiger partial charge in [0.15, 0.2) is 0 Å². The van der Waals surface area contributed by atoms with E-state index in [1.807, 2.05) is 0 Å². The Labute approximate surface area is 97.0 Å². The zero-order valence-corrected chi connectivity index (χ0v) is 10.1. The van der Waals surface area contributed by atoms with E-state index in [2.05, 4.69) is 16.9 Å². The summed E-state index contributed by atoms with van der Waals surface area (Å²) < 4.78 is 0. The number of carbonyl (C=O) groups is 1. The lowest BCUT2D eigenvalue weighted by molar-refractivity contribution is -0.119. The fourth-order valence-electron chi connectivity index (χ4n) is 1.61. The van der Waals surface area contributed by atoms with E-state index < -0.39 is 11.9 Å². The molecular weight excluding hydrogens is 204 g/mol. The Morgan fingerprint density at radius 2 is 1.81 bits per heavy atom. The van der Waals surface area contributed by atoms with E-state index in [1.54, 1.807) is 0 Å². The van der Waals surface area contributed by atoms with Crippen molar-refractivity contribution in [3.63, 3.8) is 0 Å². The Bertz CT molecular complexity index is 234. The Morgan fingerprint density at radius 3 is 2.31 bits per heavy atom. The fraction of sp³-hybridized carbons (Fsp3) is 0.909. The zero-order valence-electron chi connectivity index (χ0n) is 10.1. The van der Waals surface area contributed by atoms with Crippen LogP contribution in [0.1, 0.15) is 58.3 Å². The minimum atomic E-state index is -0.666. The summed E-state index contributed by atoms with van der Waals surface area (Å²) in [6.07, 6.45) is 8.81. The molecule has 0 radical (unpaired) electrons. The molecule has 1 atom stereocenters. The predicted molar refractivity (Wildman–Crippen MR) is 64.7 cm³/mol. The summed E-state index contributed by atoms with van der Waals surface area (Å²) in [4.78, 5) is 13.5. The van der Waals surface area contributed by atoms with E-state index in [4.69, 9.17) is 11.3 Å². The van der Waals surface area contributed by atoms with Crippen molar-refractivity contribution >= 4 is 5.91 Å². The lowest BCUT2D eigenvalue weighted by Gasteiger charge is -2.06. The van der Waals surface area contributed by atoms with Gasteiger partial charge >= 0.3 is 0 Å². The number of rotatable bonds is 10. The highest BCUT2D eigenvalue weighted by atomic mass is 16.1. The molecule has 1 unspecified atom stereocenters. The Morgan fingerprint density at radius 1 is 1.25 bits per heavy atom. The normalized spacial score (nSPS) is 11.8. The number of unbranched alkanes of at least 4 members (excludes halogenated alkanes) is 6. The van der Waals surface area contributed by atoms with E-state index in [-0.39, 0.29) is 0 Å². The topological polar surface area (TPSA) is 91.8 Å². The minimum Gasteiger partial charge on any atom is -0.369 e. The molecule has 0 fully saturated rings. The zero-order chi connectivity index (χ0) is 12.2. The molecule has 1 amide bonds. The summed E-state index contributed by atoms with van der Waals surface area (Å²) in [5.41, 5.74) is 13.3. The lowest BCUT2D eigenvalue weighted by atomic mass is 10.1. The van der Waals surface area contributed by atoms with Gasteiger partial charge in [0.1, 0.15) is 6.04 Å². The van der Waals surface area contributed by atoms with Crippen molar-refractivity contribution in [2.24, 2.45) is 10.8 Å². The molecule has 0 aliphatic heterocycles. The Kier molecular flexibility index (Phi) is 9.52. The van der Waals surface area contributed by atoms with Gasteiger partial charge in [0.2, 0.25) is 5.91 Å². The van der Waals surface area contributed by atoms with Gasteiger partial charge in [-0.2, -0.15) is 0 Å². The van der Waals surface area contributed by atoms with Gasteiger partial charge in [0.25, 0.3) is 0 Å². The molecule has 0 rings (SSSR count). The van der Waals surface area contributed by atoms with Crippen molar-refractivity contribution < 1.29 is 4.79 Å². The summed E-state index contributed by atoms with van der Waals surface area (Å²) in [6, 6.07) is -0.666. The average molecular weight is 226 g/mol. The highest BCUT2D eigenvalue weighted by Gasteiger charge is 2.11. The number of azide groups is 1. The van der Waals surface area contributed by atoms with Crippen LogP contribution in [0.2, 0.25) is 0 Å². The van der Waals surface area contributed by atoms with E-state index in [0.29, 0.717) is 6.42 Å². The van der Waals surface area contributed by atoms with Crippen molar-refractivity contribution in [1.29, 1.82) is 0 Å². The molecule has 0 aromatic heterocycles. The molecular formula is C11H22N4O. The number of nitrogens with two attached hydrogens (primary N) is 1. The molecule has 0 heterocycles. The monoisotopic (exact) mass is 226 g/mol. The fourth-order valence-corrected chi connectivity index (χ4v) is 1.61. The molecule has 2 N–H and O–H groups in total. The molecule has 16 heavy (non-hydrogen) atoms. The highest BCUT2D eigenvalue weighted by molar-refractivity contribution is 5.79. The molecule has 5 heteroatoms. The van der Waals surface area contributed by atoms with Gasteiger partial charge in [-0.3, -0.25) is 4.79 Å². The maximum absolute atomic E-state index is 10.9. The van der Waals surface area contributed by atoms with Crippen LogP contribution in [-0.4, -0.2) is 11.9 Å². The molecule has 92 valence electrons. The summed E-state index contributed by atoms with van der Waals surface area (Å²) in [7, 11) is 0. The number of primary amides is 1. The molecule has 0 saturated heterocycles. The van der Waals surface area contributed by atoms with Crippen molar-refractivity contribution in [1.82, 2.24) is 0 Å². The maximum Gasteiger partial charge on any atom is 0.226 e. The van der Waals surface area contributed by atoms with E-state index >= 15 is 0 Å². The standard InChI is InChI=1S/C11H22N4O/c1-2-3-4-5-6-7-8-9-10(11(12)16)14-15-13/h10H,2-9H2,1H3,(H2,12,16). The number of amides is 1. The molecule has 0 aliphatic carbocycles. The quantitative estimate of drug-likeness (QED) is 0.263. The second-order valence-electron chi connectivity index (χ2n) is 4.03. The first-order chi connectivity index (χ1) is 7.72. The molecule has 0 aliphatic rings. The number of hydrogen-bond acceptors (Lipinski definition) is 2. The summed E-state index contributed by atoms with van der Waals surface area (Å²) in [5, 5.41) is 3.38. The third-order valence-corrected chi connectivity index (χ3v) is 2.60. The van der Waals surface area contributed by atoms with Crippen molar-refractivity contribution in [2.75, 3.05) is 0 Å². The van der Waals surface area contributed by atoms with Gasteiger partial charge in [0, 0.05) is 4.91 Å². The summed E-state index contributed by atoms with van der Waals surface area (Å²) >= 11 is 0. The second-order valence-corrected chi connectivity index (χ2v) is 4.03. The Balaban J connectivity index is 3.48. The van der Waals surface area contributed by atoms with E-state index in [9.17, 15) is 4.79 Å². The largest absolute Gasteiger partial charge is 0.369 e. The van der Waals surface area contributed by atoms with Crippen LogP contribution in [0.25, 0.3) is 10.4 Å². The molecule has 0 bridgehead atoms. The van der Waals surface area contributed by atoms with Gasteiger partial charge in [-0.1, -0.05) is 57.0 Å². The molecule has 0 spiro atoms. The van der Waals surface area contributed by atoms with Crippen molar-refractivity contribution in [3.8, 4) is 0 Å². The van der Waals surface area contributed by atoms with Crippen LogP contribution < -0.4 is 5.73 Å². The van der Waals surface area contributed by atoms with Crippen LogP contribution >= 0.6 is 0 Å². The predicted octanol–water partition coefficient (Wildman–Crippen LogP) is 3.29. The van der Waals surface area contributed by atoms with Gasteiger partial charge in [0.05, 0.1) is 0 Å². The maximum atomic E-state index is 10.9. The summed E-state index contributed by atoms with van der Waals surface area (Å²) in [5.74, 6) is -0.524. The van der Waals surface area contributed by atoms with Crippen molar-refractivity contribution in [3.05, 3.63) is 10.4 Å². The van der Waals surface area contributed by atoms with Crippen LogP contribution in [0.3, 0.4) is 0 Å². The van der Waals surface area contributed by atoms with Crippen LogP contribution in [-0.2, 0) is 4.79 Å². The van der Waals surface area contributed by atoms with Crippen LogP contribution in [0, 0.1) is 0 Å².